The summed E-state index contributed by atoms with van der Waals surface area (Å²) in [7, 11) is 1.16. The fraction of sp³-hybridized carbons (Fsp3) is 0.441. The summed E-state index contributed by atoms with van der Waals surface area (Å²) >= 11 is 0. The molecule has 1 heterocycles. The number of amides is 2. The fourth-order valence-electron chi connectivity index (χ4n) is 4.92. The molecule has 0 unspecified atom stereocenters. The van der Waals surface area contributed by atoms with E-state index in [1.54, 1.807) is 18.2 Å². The number of imide groups is 1. The molecule has 2 aromatic rings. The molecule has 3 rings (SSSR count). The lowest BCUT2D eigenvalue weighted by atomic mass is 9.94. The molecule has 1 N–H and O–H groups in total. The first kappa shape index (κ1) is 36.2. The number of carbonyl (C=O) groups is 5. The smallest absolute Gasteiger partial charge is 0.417 e. The molecule has 12 heteroatoms. The number of aliphatic hydroxyl groups excluding tert-OH is 1. The van der Waals surface area contributed by atoms with Crippen LogP contribution in [0.1, 0.15) is 36.5 Å². The number of esters is 1. The maximum Gasteiger partial charge on any atom is 0.417 e. The quantitative estimate of drug-likeness (QED) is 0.137. The minimum absolute atomic E-state index is 0.0379. The first-order chi connectivity index (χ1) is 22.2. The lowest BCUT2D eigenvalue weighted by Gasteiger charge is -2.28. The summed E-state index contributed by atoms with van der Waals surface area (Å²) < 4.78 is 26.5. The Hall–Kier alpha value is -4.23. The summed E-state index contributed by atoms with van der Waals surface area (Å²) in [6.07, 6.45) is -2.67. The molecule has 0 aromatic heterocycles. The standard InChI is InChI=1S/C34H41NO11/c1-23-9-7-12-26(19-23)28(29(38)13-8-15-43-17-18-44-16-14-36)21-30(39)31(46-24(2)37)32(42-3)33(40)35-27(22-45-34(35)41)20-25-10-5-4-6-11-25/h4-7,9-12,19,21,27,31-32,36H,8,13-18,20,22H2,1-3H3/t27-,31+,32-/m1/s1. The Labute approximate surface area is 268 Å². The maximum atomic E-state index is 13.8. The molecule has 3 atom stereocenters. The van der Waals surface area contributed by atoms with Gasteiger partial charge in [-0.1, -0.05) is 60.2 Å². The highest BCUT2D eigenvalue weighted by atomic mass is 16.6. The van der Waals surface area contributed by atoms with E-state index in [2.05, 4.69) is 0 Å². The average molecular weight is 640 g/mol. The predicted molar refractivity (Wildman–Crippen MR) is 166 cm³/mol. The van der Waals surface area contributed by atoms with E-state index in [-0.39, 0.29) is 44.2 Å². The van der Waals surface area contributed by atoms with Crippen LogP contribution in [0.5, 0.6) is 0 Å². The van der Waals surface area contributed by atoms with E-state index in [1.807, 2.05) is 43.3 Å². The van der Waals surface area contributed by atoms with Gasteiger partial charge in [0.25, 0.3) is 5.91 Å². The summed E-state index contributed by atoms with van der Waals surface area (Å²) in [5.41, 5.74) is 2.22. The Balaban J connectivity index is 1.84. The zero-order valence-electron chi connectivity index (χ0n) is 26.3. The summed E-state index contributed by atoms with van der Waals surface area (Å²) in [4.78, 5) is 66.7. The van der Waals surface area contributed by atoms with Crippen LogP contribution in [0.4, 0.5) is 4.79 Å². The van der Waals surface area contributed by atoms with Crippen molar-refractivity contribution < 1.29 is 52.8 Å². The Bertz CT molecular complexity index is 1370. The highest BCUT2D eigenvalue weighted by Crippen LogP contribution is 2.24. The second-order valence-electron chi connectivity index (χ2n) is 10.6. The molecule has 0 saturated carbocycles. The topological polar surface area (TPSA) is 155 Å². The number of carbonyl (C=O) groups excluding carboxylic acids is 5. The van der Waals surface area contributed by atoms with Crippen LogP contribution in [0.2, 0.25) is 0 Å². The van der Waals surface area contributed by atoms with Gasteiger partial charge in [0.1, 0.15) is 6.61 Å². The number of aryl methyl sites for hydroxylation is 1. The first-order valence-corrected chi connectivity index (χ1v) is 15.0. The molecular weight excluding hydrogens is 598 g/mol. The number of benzene rings is 2. The molecule has 2 aromatic carbocycles. The number of cyclic esters (lactones) is 1. The maximum absolute atomic E-state index is 13.8. The highest BCUT2D eigenvalue weighted by Gasteiger charge is 2.46. The van der Waals surface area contributed by atoms with E-state index in [0.29, 0.717) is 31.6 Å². The predicted octanol–water partition coefficient (Wildman–Crippen LogP) is 2.86. The largest absolute Gasteiger partial charge is 0.451 e. The number of methoxy groups -OCH3 is 1. The molecule has 1 fully saturated rings. The molecule has 1 aliphatic heterocycles. The molecule has 248 valence electrons. The van der Waals surface area contributed by atoms with Crippen LogP contribution in [-0.4, -0.2) is 105 Å². The third-order valence-electron chi connectivity index (χ3n) is 7.07. The van der Waals surface area contributed by atoms with Crippen molar-refractivity contribution in [3.63, 3.8) is 0 Å². The molecular formula is C34H41NO11. The van der Waals surface area contributed by atoms with Gasteiger partial charge in [0.05, 0.1) is 32.5 Å². The molecule has 0 bridgehead atoms. The number of allylic oxidation sites excluding steroid dienone is 1. The number of aliphatic hydroxyl groups is 1. The Morgan fingerprint density at radius 3 is 2.37 bits per heavy atom. The third kappa shape index (κ3) is 10.7. The summed E-state index contributed by atoms with van der Waals surface area (Å²) in [6.45, 7) is 3.83. The lowest BCUT2D eigenvalue weighted by Crippen LogP contribution is -2.53. The monoisotopic (exact) mass is 639 g/mol. The zero-order valence-corrected chi connectivity index (χ0v) is 26.3. The van der Waals surface area contributed by atoms with Gasteiger partial charge in [-0.05, 0) is 37.0 Å². The Morgan fingerprint density at radius 2 is 1.72 bits per heavy atom. The van der Waals surface area contributed by atoms with Crippen LogP contribution in [0.15, 0.2) is 60.7 Å². The van der Waals surface area contributed by atoms with Gasteiger partial charge in [-0.3, -0.25) is 19.2 Å². The second kappa shape index (κ2) is 18.7. The van der Waals surface area contributed by atoms with E-state index < -0.39 is 42.0 Å². The number of rotatable bonds is 19. The van der Waals surface area contributed by atoms with Gasteiger partial charge < -0.3 is 28.8 Å². The van der Waals surface area contributed by atoms with E-state index >= 15 is 0 Å². The molecule has 2 amide bonds. The third-order valence-corrected chi connectivity index (χ3v) is 7.07. The van der Waals surface area contributed by atoms with Crippen molar-refractivity contribution in [2.75, 3.05) is 46.8 Å². The SMILES string of the molecule is CO[C@@H](C(=O)N1C(=O)OC[C@H]1Cc1ccccc1)[C@@H](OC(C)=O)C(=O)C=C(C(=O)CCCOCCOCCO)c1cccc(C)c1. The van der Waals surface area contributed by atoms with Crippen LogP contribution in [-0.2, 0) is 49.3 Å². The van der Waals surface area contributed by atoms with E-state index in [1.165, 1.54) is 0 Å². The number of ketones is 2. The molecule has 1 saturated heterocycles. The molecule has 0 spiro atoms. The van der Waals surface area contributed by atoms with Crippen LogP contribution in [0.3, 0.4) is 0 Å². The van der Waals surface area contributed by atoms with Crippen molar-refractivity contribution in [3.8, 4) is 0 Å². The number of nitrogens with zero attached hydrogens (tertiary/aromatic N) is 1. The zero-order chi connectivity index (χ0) is 33.5. The Kier molecular flexibility index (Phi) is 14.7. The minimum Gasteiger partial charge on any atom is -0.451 e. The van der Waals surface area contributed by atoms with Gasteiger partial charge in [0, 0.05) is 32.6 Å². The van der Waals surface area contributed by atoms with Crippen molar-refractivity contribution >= 4 is 35.1 Å². The average Bonchev–Trinajstić information content (AvgIpc) is 3.40. The van der Waals surface area contributed by atoms with Crippen LogP contribution in [0.25, 0.3) is 5.57 Å². The van der Waals surface area contributed by atoms with Crippen molar-refractivity contribution in [2.45, 2.75) is 51.4 Å². The minimum atomic E-state index is -1.80. The van der Waals surface area contributed by atoms with Crippen molar-refractivity contribution in [3.05, 3.63) is 77.4 Å². The van der Waals surface area contributed by atoms with E-state index in [0.717, 1.165) is 36.1 Å². The van der Waals surface area contributed by atoms with Gasteiger partial charge in [-0.25, -0.2) is 9.69 Å². The van der Waals surface area contributed by atoms with Crippen molar-refractivity contribution in [2.24, 2.45) is 0 Å². The van der Waals surface area contributed by atoms with Gasteiger partial charge in [0.15, 0.2) is 23.8 Å². The molecule has 1 aliphatic rings. The van der Waals surface area contributed by atoms with Crippen molar-refractivity contribution in [1.29, 1.82) is 0 Å². The summed E-state index contributed by atoms with van der Waals surface area (Å²) in [5, 5.41) is 8.76. The Morgan fingerprint density at radius 1 is 1.00 bits per heavy atom. The summed E-state index contributed by atoms with van der Waals surface area (Å²) in [5.74, 6) is -3.02. The number of ether oxygens (including phenoxy) is 5. The number of Topliss-reactive ketones (excluding diaryl/α,β-unsaturated/α-hetero) is 1. The van der Waals surface area contributed by atoms with Crippen LogP contribution in [0, 0.1) is 6.92 Å². The van der Waals surface area contributed by atoms with E-state index in [4.69, 9.17) is 28.8 Å². The molecule has 0 aliphatic carbocycles. The molecule has 12 nitrogen and oxygen atoms in total. The number of hydrogen-bond acceptors (Lipinski definition) is 11. The van der Waals surface area contributed by atoms with Gasteiger partial charge in [-0.15, -0.1) is 0 Å². The highest BCUT2D eigenvalue weighted by molar-refractivity contribution is 6.25. The number of hydrogen-bond donors (Lipinski definition) is 1. The van der Waals surface area contributed by atoms with Gasteiger partial charge in [-0.2, -0.15) is 0 Å². The molecule has 0 radical (unpaired) electrons. The van der Waals surface area contributed by atoms with Crippen LogP contribution < -0.4 is 0 Å². The summed E-state index contributed by atoms with van der Waals surface area (Å²) in [6, 6.07) is 15.5. The van der Waals surface area contributed by atoms with Crippen LogP contribution >= 0.6 is 0 Å². The normalized spacial score (nSPS) is 16.1. The van der Waals surface area contributed by atoms with Crippen molar-refractivity contribution in [1.82, 2.24) is 4.90 Å². The molecule has 46 heavy (non-hydrogen) atoms. The van der Waals surface area contributed by atoms with E-state index in [9.17, 15) is 24.0 Å². The van der Waals surface area contributed by atoms with Gasteiger partial charge >= 0.3 is 12.1 Å². The fourth-order valence-corrected chi connectivity index (χ4v) is 4.92. The van der Waals surface area contributed by atoms with Gasteiger partial charge in [0.2, 0.25) is 0 Å². The lowest BCUT2D eigenvalue weighted by molar-refractivity contribution is -0.166. The second-order valence-corrected chi connectivity index (χ2v) is 10.6. The first-order valence-electron chi connectivity index (χ1n) is 15.0.